The van der Waals surface area contributed by atoms with E-state index in [-0.39, 0.29) is 10.8 Å². The molecule has 0 heterocycles. The molecule has 0 spiro atoms. The van der Waals surface area contributed by atoms with Crippen LogP contribution in [0, 0.1) is 10.8 Å². The fraction of sp³-hybridized carbons (Fsp3) is 0.955. The molecule has 0 saturated heterocycles. The lowest BCUT2D eigenvalue weighted by atomic mass is 9.56. The molecule has 0 amide bonds. The van der Waals surface area contributed by atoms with Gasteiger partial charge >= 0.3 is 0 Å². The predicted molar refractivity (Wildman–Crippen MR) is 102 cm³/mol. The Hall–Kier alpha value is -0.330. The molecule has 1 nitrogen and oxygen atoms in total. The monoisotopic (exact) mass is 322 g/mol. The Morgan fingerprint density at radius 1 is 0.826 bits per heavy atom. The first-order valence-electron chi connectivity index (χ1n) is 10.5. The van der Waals surface area contributed by atoms with Gasteiger partial charge in [-0.05, 0) is 24.7 Å². The van der Waals surface area contributed by atoms with Gasteiger partial charge in [0.1, 0.15) is 5.78 Å². The van der Waals surface area contributed by atoms with E-state index in [0.717, 1.165) is 25.7 Å². The molecule has 1 saturated carbocycles. The second-order valence-corrected chi connectivity index (χ2v) is 8.89. The molecule has 0 radical (unpaired) electrons. The van der Waals surface area contributed by atoms with Crippen LogP contribution in [0.15, 0.2) is 0 Å². The van der Waals surface area contributed by atoms with Gasteiger partial charge in [0, 0.05) is 11.8 Å². The molecule has 1 atom stereocenters. The minimum Gasteiger partial charge on any atom is -0.299 e. The molecule has 0 aliphatic heterocycles. The first kappa shape index (κ1) is 20.7. The molecule has 1 fully saturated rings. The molecule has 1 rings (SSSR count). The lowest BCUT2D eigenvalue weighted by Crippen LogP contribution is -2.45. The minimum absolute atomic E-state index is 0.0224. The lowest BCUT2D eigenvalue weighted by Gasteiger charge is -2.46. The summed E-state index contributed by atoms with van der Waals surface area (Å²) < 4.78 is 0. The summed E-state index contributed by atoms with van der Waals surface area (Å²) in [7, 11) is 0. The van der Waals surface area contributed by atoms with E-state index in [4.69, 9.17) is 0 Å². The van der Waals surface area contributed by atoms with Crippen molar-refractivity contribution in [3.8, 4) is 0 Å². The van der Waals surface area contributed by atoms with E-state index < -0.39 is 0 Å². The van der Waals surface area contributed by atoms with Gasteiger partial charge in [0.05, 0.1) is 0 Å². The van der Waals surface area contributed by atoms with Crippen molar-refractivity contribution in [2.75, 3.05) is 0 Å². The highest BCUT2D eigenvalue weighted by molar-refractivity contribution is 5.86. The average Bonchev–Trinajstić information content (AvgIpc) is 2.50. The number of rotatable bonds is 11. The third-order valence-electron chi connectivity index (χ3n) is 6.18. The molecular formula is C22H42O. The molecule has 0 aromatic heterocycles. The van der Waals surface area contributed by atoms with Crippen molar-refractivity contribution >= 4 is 5.78 Å². The Morgan fingerprint density at radius 2 is 1.35 bits per heavy atom. The van der Waals surface area contributed by atoms with Crippen LogP contribution in [-0.4, -0.2) is 5.78 Å². The second kappa shape index (κ2) is 10.5. The van der Waals surface area contributed by atoms with E-state index in [1.165, 1.54) is 70.6 Å². The van der Waals surface area contributed by atoms with E-state index in [0.29, 0.717) is 5.78 Å². The zero-order valence-corrected chi connectivity index (χ0v) is 16.5. The van der Waals surface area contributed by atoms with Crippen molar-refractivity contribution in [2.24, 2.45) is 10.8 Å². The van der Waals surface area contributed by atoms with Gasteiger partial charge in [-0.3, -0.25) is 4.79 Å². The summed E-state index contributed by atoms with van der Waals surface area (Å²) in [5.41, 5.74) is 0.106. The van der Waals surface area contributed by atoms with E-state index in [9.17, 15) is 4.79 Å². The van der Waals surface area contributed by atoms with E-state index in [2.05, 4.69) is 27.7 Å². The third kappa shape index (κ3) is 6.59. The average molecular weight is 323 g/mol. The summed E-state index contributed by atoms with van der Waals surface area (Å²) in [4.78, 5) is 12.7. The topological polar surface area (TPSA) is 17.1 Å². The van der Waals surface area contributed by atoms with Gasteiger partial charge in [0.2, 0.25) is 0 Å². The predicted octanol–water partition coefficient (Wildman–Crippen LogP) is 7.47. The van der Waals surface area contributed by atoms with Crippen LogP contribution in [0.5, 0.6) is 0 Å². The first-order valence-corrected chi connectivity index (χ1v) is 10.5. The summed E-state index contributed by atoms with van der Waals surface area (Å²) >= 11 is 0. The molecule has 0 N–H and O–H groups in total. The highest BCUT2D eigenvalue weighted by Crippen LogP contribution is 2.50. The summed E-state index contributed by atoms with van der Waals surface area (Å²) in [5.74, 6) is 0.562. The molecule has 0 aromatic rings. The van der Waals surface area contributed by atoms with Gasteiger partial charge in [-0.25, -0.2) is 0 Å². The highest BCUT2D eigenvalue weighted by atomic mass is 16.1. The van der Waals surface area contributed by atoms with Crippen molar-refractivity contribution < 1.29 is 4.79 Å². The maximum Gasteiger partial charge on any atom is 0.139 e. The van der Waals surface area contributed by atoms with Crippen molar-refractivity contribution in [1.29, 1.82) is 0 Å². The molecule has 0 aromatic carbocycles. The fourth-order valence-electron chi connectivity index (χ4n) is 4.44. The van der Waals surface area contributed by atoms with Crippen LogP contribution in [0.4, 0.5) is 0 Å². The van der Waals surface area contributed by atoms with Crippen LogP contribution in [0.25, 0.3) is 0 Å². The van der Waals surface area contributed by atoms with Gasteiger partial charge in [-0.1, -0.05) is 98.3 Å². The van der Waals surface area contributed by atoms with Gasteiger partial charge < -0.3 is 0 Å². The zero-order chi connectivity index (χ0) is 17.2. The number of hydrogen-bond acceptors (Lipinski definition) is 1. The Balaban J connectivity index is 2.20. The highest BCUT2D eigenvalue weighted by Gasteiger charge is 2.47. The third-order valence-corrected chi connectivity index (χ3v) is 6.18. The zero-order valence-electron chi connectivity index (χ0n) is 16.5. The number of hydrogen-bond donors (Lipinski definition) is 0. The van der Waals surface area contributed by atoms with Crippen molar-refractivity contribution in [3.05, 3.63) is 0 Å². The van der Waals surface area contributed by atoms with Crippen molar-refractivity contribution in [3.63, 3.8) is 0 Å². The number of Topliss-reactive ketones (excluding diaryl/α,β-unsaturated/α-hetero) is 1. The molecule has 23 heavy (non-hydrogen) atoms. The Labute approximate surface area is 146 Å². The maximum absolute atomic E-state index is 12.7. The number of ketones is 1. The summed E-state index contributed by atoms with van der Waals surface area (Å²) in [6.45, 7) is 9.13. The summed E-state index contributed by atoms with van der Waals surface area (Å²) in [5, 5.41) is 0. The molecule has 1 heteroatoms. The van der Waals surface area contributed by atoms with E-state index in [1.807, 2.05) is 0 Å². The quantitative estimate of drug-likeness (QED) is 0.360. The Bertz CT molecular complexity index is 325. The minimum atomic E-state index is -0.0224. The first-order chi connectivity index (χ1) is 10.9. The van der Waals surface area contributed by atoms with Crippen LogP contribution in [0.1, 0.15) is 124 Å². The largest absolute Gasteiger partial charge is 0.299 e. The van der Waals surface area contributed by atoms with Crippen LogP contribution in [-0.2, 0) is 4.79 Å². The molecule has 1 aliphatic carbocycles. The number of unbranched alkanes of at least 4 members (excludes halogenated alkanes) is 9. The van der Waals surface area contributed by atoms with Gasteiger partial charge in [-0.15, -0.1) is 0 Å². The van der Waals surface area contributed by atoms with Crippen LogP contribution in [0.3, 0.4) is 0 Å². The van der Waals surface area contributed by atoms with Crippen molar-refractivity contribution in [1.82, 2.24) is 0 Å². The smallest absolute Gasteiger partial charge is 0.139 e. The van der Waals surface area contributed by atoms with Gasteiger partial charge in [0.25, 0.3) is 0 Å². The van der Waals surface area contributed by atoms with Gasteiger partial charge in [-0.2, -0.15) is 0 Å². The van der Waals surface area contributed by atoms with E-state index >= 15 is 0 Å². The van der Waals surface area contributed by atoms with Gasteiger partial charge in [0.15, 0.2) is 0 Å². The van der Waals surface area contributed by atoms with Crippen LogP contribution in [0.2, 0.25) is 0 Å². The maximum atomic E-state index is 12.7. The normalized spacial score (nSPS) is 22.5. The Morgan fingerprint density at radius 3 is 1.83 bits per heavy atom. The molecule has 136 valence electrons. The van der Waals surface area contributed by atoms with Crippen LogP contribution >= 0.6 is 0 Å². The number of carbonyl (C=O) groups excluding carboxylic acids is 1. The lowest BCUT2D eigenvalue weighted by molar-refractivity contribution is -0.139. The standard InChI is InChI=1S/C22H42O/c1-5-6-7-8-9-10-11-12-13-15-18-22(21(2,3)4)19-16-14-17-20(22)23/h5-19H2,1-4H3. The molecule has 1 unspecified atom stereocenters. The molecule has 1 aliphatic rings. The Kier molecular flexibility index (Phi) is 9.47. The van der Waals surface area contributed by atoms with Crippen molar-refractivity contribution in [2.45, 2.75) is 124 Å². The number of carbonyl (C=O) groups is 1. The molecular weight excluding hydrogens is 280 g/mol. The SMILES string of the molecule is CCCCCCCCCCCCC1(C(C)(C)C)CCCCC1=O. The van der Waals surface area contributed by atoms with Crippen LogP contribution < -0.4 is 0 Å². The second-order valence-electron chi connectivity index (χ2n) is 8.89. The summed E-state index contributed by atoms with van der Waals surface area (Å²) in [6, 6.07) is 0. The fourth-order valence-corrected chi connectivity index (χ4v) is 4.44. The molecule has 0 bridgehead atoms. The van der Waals surface area contributed by atoms with E-state index in [1.54, 1.807) is 0 Å². The summed E-state index contributed by atoms with van der Waals surface area (Å²) in [6.07, 6.45) is 19.2.